The summed E-state index contributed by atoms with van der Waals surface area (Å²) in [6.45, 7) is 0. The monoisotopic (exact) mass is 407 g/mol. The van der Waals surface area contributed by atoms with Crippen molar-refractivity contribution in [2.75, 3.05) is 0 Å². The molecule has 3 aromatic carbocycles. The molecule has 2 aliphatic rings. The normalized spacial score (nSPS) is 21.2. The van der Waals surface area contributed by atoms with Gasteiger partial charge in [0.1, 0.15) is 5.41 Å². The van der Waals surface area contributed by atoms with Gasteiger partial charge in [-0.05, 0) is 29.5 Å². The molecule has 1 heterocycles. The molecule has 0 spiro atoms. The lowest BCUT2D eigenvalue weighted by Gasteiger charge is -2.59. The Labute approximate surface area is 185 Å². The van der Waals surface area contributed by atoms with Crippen LogP contribution < -0.4 is 0 Å². The first-order valence-electron chi connectivity index (χ1n) is 11.5. The smallest absolute Gasteiger partial charge is 0.240 e. The van der Waals surface area contributed by atoms with Gasteiger partial charge in [0.05, 0.1) is 6.04 Å². The summed E-state index contributed by atoms with van der Waals surface area (Å²) in [5.74, 6) is 0.250. The largest absolute Gasteiger partial charge is 0.330 e. The van der Waals surface area contributed by atoms with Crippen LogP contribution in [-0.4, -0.2) is 22.9 Å². The fourth-order valence-electron chi connectivity index (χ4n) is 5.51. The van der Waals surface area contributed by atoms with Crippen LogP contribution in [0.3, 0.4) is 0 Å². The van der Waals surface area contributed by atoms with E-state index >= 15 is 0 Å². The van der Waals surface area contributed by atoms with Gasteiger partial charge < -0.3 is 4.90 Å². The first kappa shape index (κ1) is 19.8. The van der Waals surface area contributed by atoms with Crippen molar-refractivity contribution in [2.45, 2.75) is 49.6 Å². The molecular formula is C29H29NO. The molecule has 0 unspecified atom stereocenters. The van der Waals surface area contributed by atoms with Crippen LogP contribution >= 0.6 is 0 Å². The first-order chi connectivity index (χ1) is 15.3. The molecule has 0 N–H and O–H groups in total. The zero-order valence-corrected chi connectivity index (χ0v) is 17.9. The van der Waals surface area contributed by atoms with Crippen molar-refractivity contribution in [1.82, 2.24) is 4.90 Å². The van der Waals surface area contributed by atoms with Gasteiger partial charge in [-0.25, -0.2) is 0 Å². The van der Waals surface area contributed by atoms with Gasteiger partial charge >= 0.3 is 0 Å². The molecule has 2 heteroatoms. The molecule has 2 fully saturated rings. The molecule has 5 rings (SSSR count). The SMILES string of the molecule is O=C1N(C2CCCCC2)[C@H](/C=C/c2ccccc2)C1(c1ccccc1)c1ccccc1. The molecule has 1 atom stereocenters. The van der Waals surface area contributed by atoms with Crippen LogP contribution in [0, 0.1) is 0 Å². The maximum absolute atomic E-state index is 14.1. The second-order valence-corrected chi connectivity index (χ2v) is 8.76. The van der Waals surface area contributed by atoms with Gasteiger partial charge in [0.25, 0.3) is 0 Å². The molecule has 3 aromatic rings. The molecule has 1 saturated carbocycles. The summed E-state index contributed by atoms with van der Waals surface area (Å²) in [7, 11) is 0. The van der Waals surface area contributed by atoms with Crippen molar-refractivity contribution in [3.63, 3.8) is 0 Å². The second kappa shape index (κ2) is 8.55. The third-order valence-corrected chi connectivity index (χ3v) is 7.01. The van der Waals surface area contributed by atoms with Crippen LogP contribution in [0.2, 0.25) is 0 Å². The summed E-state index contributed by atoms with van der Waals surface area (Å²) >= 11 is 0. The number of likely N-dealkylation sites (tertiary alicyclic amines) is 1. The van der Waals surface area contributed by atoms with Crippen molar-refractivity contribution < 1.29 is 4.79 Å². The van der Waals surface area contributed by atoms with Gasteiger partial charge in [-0.3, -0.25) is 4.79 Å². The third-order valence-electron chi connectivity index (χ3n) is 7.01. The van der Waals surface area contributed by atoms with Crippen LogP contribution in [-0.2, 0) is 10.2 Å². The quantitative estimate of drug-likeness (QED) is 0.459. The number of amides is 1. The Kier molecular flexibility index (Phi) is 5.46. The highest BCUT2D eigenvalue weighted by Gasteiger charge is 2.62. The van der Waals surface area contributed by atoms with Crippen molar-refractivity contribution in [1.29, 1.82) is 0 Å². The van der Waals surface area contributed by atoms with Crippen LogP contribution in [0.25, 0.3) is 6.08 Å². The molecule has 0 aromatic heterocycles. The molecule has 2 nitrogen and oxygen atoms in total. The summed E-state index contributed by atoms with van der Waals surface area (Å²) in [6, 6.07) is 31.5. The maximum Gasteiger partial charge on any atom is 0.240 e. The van der Waals surface area contributed by atoms with Crippen LogP contribution in [0.4, 0.5) is 0 Å². The minimum Gasteiger partial charge on any atom is -0.330 e. The molecule has 31 heavy (non-hydrogen) atoms. The fourth-order valence-corrected chi connectivity index (χ4v) is 5.51. The number of rotatable bonds is 5. The molecule has 1 amide bonds. The Hall–Kier alpha value is -3.13. The fraction of sp³-hybridized carbons (Fsp3) is 0.276. The average Bonchev–Trinajstić information content (AvgIpc) is 2.84. The standard InChI is InChI=1S/C29H29NO/c31-28-29(24-15-7-2-8-16-24,25-17-9-3-10-18-25)27(22-21-23-13-5-1-6-14-23)30(28)26-19-11-4-12-20-26/h1-3,5-10,13-18,21-22,26-27H,4,11-12,19-20H2/b22-21+/t27-/m1/s1. The first-order valence-corrected chi connectivity index (χ1v) is 11.5. The van der Waals surface area contributed by atoms with Gasteiger partial charge in [0, 0.05) is 6.04 Å². The zero-order chi connectivity index (χ0) is 21.1. The number of carbonyl (C=O) groups is 1. The van der Waals surface area contributed by atoms with E-state index in [1.165, 1.54) is 24.8 Å². The lowest BCUT2D eigenvalue weighted by Crippen LogP contribution is -2.73. The van der Waals surface area contributed by atoms with Gasteiger partial charge in [-0.2, -0.15) is 0 Å². The van der Waals surface area contributed by atoms with E-state index < -0.39 is 5.41 Å². The van der Waals surface area contributed by atoms with E-state index in [2.05, 4.69) is 89.8 Å². The van der Waals surface area contributed by atoms with E-state index in [4.69, 9.17) is 0 Å². The molecule has 1 saturated heterocycles. The highest BCUT2D eigenvalue weighted by Crippen LogP contribution is 2.50. The Bertz CT molecular complexity index is 996. The van der Waals surface area contributed by atoms with Crippen molar-refractivity contribution in [3.8, 4) is 0 Å². The molecule has 156 valence electrons. The number of hydrogen-bond donors (Lipinski definition) is 0. The summed E-state index contributed by atoms with van der Waals surface area (Å²) in [4.78, 5) is 16.3. The Morgan fingerprint density at radius 2 is 1.23 bits per heavy atom. The van der Waals surface area contributed by atoms with Crippen LogP contribution in [0.15, 0.2) is 97.1 Å². The predicted octanol–water partition coefficient (Wildman–Crippen LogP) is 6.23. The second-order valence-electron chi connectivity index (χ2n) is 8.76. The summed E-state index contributed by atoms with van der Waals surface area (Å²) in [5, 5.41) is 0. The maximum atomic E-state index is 14.1. The number of β-lactam (4-membered cyclic amide) rings is 1. The summed E-state index contributed by atoms with van der Waals surface area (Å²) < 4.78 is 0. The topological polar surface area (TPSA) is 20.3 Å². The van der Waals surface area contributed by atoms with Crippen LogP contribution in [0.1, 0.15) is 48.8 Å². The van der Waals surface area contributed by atoms with E-state index in [0.717, 1.165) is 24.0 Å². The van der Waals surface area contributed by atoms with E-state index in [1.54, 1.807) is 0 Å². The third kappa shape index (κ3) is 3.40. The number of nitrogens with zero attached hydrogens (tertiary/aromatic N) is 1. The summed E-state index contributed by atoms with van der Waals surface area (Å²) in [6.07, 6.45) is 10.4. The van der Waals surface area contributed by atoms with Crippen molar-refractivity contribution in [2.24, 2.45) is 0 Å². The molecule has 0 bridgehead atoms. The molecule has 1 aliphatic carbocycles. The van der Waals surface area contributed by atoms with Gasteiger partial charge in [0.2, 0.25) is 5.91 Å². The minimum atomic E-state index is -0.661. The van der Waals surface area contributed by atoms with Gasteiger partial charge in [-0.1, -0.05) is 122 Å². The summed E-state index contributed by atoms with van der Waals surface area (Å²) in [5.41, 5.74) is 2.67. The zero-order valence-electron chi connectivity index (χ0n) is 17.9. The average molecular weight is 408 g/mol. The Balaban J connectivity index is 1.64. The lowest BCUT2D eigenvalue weighted by molar-refractivity contribution is -0.159. The number of hydrogen-bond acceptors (Lipinski definition) is 1. The van der Waals surface area contributed by atoms with Crippen molar-refractivity contribution >= 4 is 12.0 Å². The number of benzene rings is 3. The number of carbonyl (C=O) groups excluding carboxylic acids is 1. The van der Waals surface area contributed by atoms with E-state index in [-0.39, 0.29) is 11.9 Å². The Morgan fingerprint density at radius 1 is 0.710 bits per heavy atom. The Morgan fingerprint density at radius 3 is 1.77 bits per heavy atom. The van der Waals surface area contributed by atoms with E-state index in [1.807, 2.05) is 18.2 Å². The minimum absolute atomic E-state index is 0.00751. The van der Waals surface area contributed by atoms with Crippen molar-refractivity contribution in [3.05, 3.63) is 114 Å². The highest BCUT2D eigenvalue weighted by atomic mass is 16.2. The molecular weight excluding hydrogens is 378 g/mol. The van der Waals surface area contributed by atoms with E-state index in [0.29, 0.717) is 6.04 Å². The molecule has 0 radical (unpaired) electrons. The predicted molar refractivity (Wildman–Crippen MR) is 127 cm³/mol. The lowest BCUT2D eigenvalue weighted by atomic mass is 9.60. The van der Waals surface area contributed by atoms with Crippen LogP contribution in [0.5, 0.6) is 0 Å². The van der Waals surface area contributed by atoms with Gasteiger partial charge in [-0.15, -0.1) is 0 Å². The van der Waals surface area contributed by atoms with Gasteiger partial charge in [0.15, 0.2) is 0 Å². The highest BCUT2D eigenvalue weighted by molar-refractivity contribution is 6.01. The van der Waals surface area contributed by atoms with E-state index in [9.17, 15) is 4.79 Å². The molecule has 1 aliphatic heterocycles.